The van der Waals surface area contributed by atoms with Gasteiger partial charge in [-0.15, -0.1) is 0 Å². The molecule has 8 nitrogen and oxygen atoms in total. The van der Waals surface area contributed by atoms with Crippen molar-refractivity contribution in [3.8, 4) is 11.5 Å². The van der Waals surface area contributed by atoms with Crippen molar-refractivity contribution in [1.82, 2.24) is 20.4 Å². The number of nitrogens with zero attached hydrogens (tertiary/aromatic N) is 2. The Morgan fingerprint density at radius 1 is 1.31 bits per heavy atom. The van der Waals surface area contributed by atoms with Crippen molar-refractivity contribution in [2.75, 3.05) is 6.54 Å². The predicted octanol–water partition coefficient (Wildman–Crippen LogP) is 2.50. The molecule has 3 aromatic rings. The molecule has 10 heteroatoms. The molecule has 32 heavy (non-hydrogen) atoms. The molecule has 0 aliphatic carbocycles. The monoisotopic (exact) mass is 444 g/mol. The van der Waals surface area contributed by atoms with Crippen LogP contribution in [0, 0.1) is 11.6 Å². The van der Waals surface area contributed by atoms with E-state index in [1.54, 1.807) is 13.8 Å². The molecule has 1 aromatic heterocycles. The Bertz CT molecular complexity index is 1200. The summed E-state index contributed by atoms with van der Waals surface area (Å²) in [5.74, 6) is -2.82. The van der Waals surface area contributed by atoms with Gasteiger partial charge in [0.05, 0.1) is 29.4 Å². The second-order valence-electron chi connectivity index (χ2n) is 8.30. The first-order valence-corrected chi connectivity index (χ1v) is 10.0. The van der Waals surface area contributed by atoms with Crippen LogP contribution >= 0.6 is 0 Å². The summed E-state index contributed by atoms with van der Waals surface area (Å²) < 4.78 is 34.6. The maximum atomic E-state index is 14.2. The number of carbonyl (C=O) groups excluding carboxylic acids is 2. The van der Waals surface area contributed by atoms with E-state index < -0.39 is 29.2 Å². The number of carbonyl (C=O) groups is 2. The molecule has 2 aromatic carbocycles. The third-order valence-electron chi connectivity index (χ3n) is 4.99. The van der Waals surface area contributed by atoms with Crippen molar-refractivity contribution in [2.45, 2.75) is 38.5 Å². The van der Waals surface area contributed by atoms with Crippen LogP contribution in [0.1, 0.15) is 30.6 Å². The Balaban J connectivity index is 1.76. The van der Waals surface area contributed by atoms with Crippen molar-refractivity contribution in [1.29, 1.82) is 0 Å². The van der Waals surface area contributed by atoms with E-state index in [9.17, 15) is 23.5 Å². The molecule has 2 heterocycles. The zero-order valence-electron chi connectivity index (χ0n) is 17.5. The van der Waals surface area contributed by atoms with Gasteiger partial charge in [0.25, 0.3) is 5.91 Å². The molecule has 2 amide bonds. The van der Waals surface area contributed by atoms with Gasteiger partial charge in [-0.2, -0.15) is 5.10 Å². The van der Waals surface area contributed by atoms with Crippen LogP contribution in [0.5, 0.6) is 11.5 Å². The lowest BCUT2D eigenvalue weighted by Crippen LogP contribution is -2.40. The molecule has 3 N–H and O–H groups in total. The molecule has 0 bridgehead atoms. The number of hydrogen-bond acceptors (Lipinski definition) is 5. The van der Waals surface area contributed by atoms with E-state index >= 15 is 0 Å². The number of nitrogens with one attached hydrogen (secondary N) is 2. The molecular formula is C22H22F2N4O4. The van der Waals surface area contributed by atoms with Crippen LogP contribution < -0.4 is 15.4 Å². The van der Waals surface area contributed by atoms with Crippen LogP contribution in [0.2, 0.25) is 0 Å². The second kappa shape index (κ2) is 8.19. The summed E-state index contributed by atoms with van der Waals surface area (Å²) in [5, 5.41) is 20.3. The van der Waals surface area contributed by atoms with Crippen molar-refractivity contribution in [3.05, 3.63) is 53.7 Å². The fourth-order valence-corrected chi connectivity index (χ4v) is 3.50. The highest BCUT2D eigenvalue weighted by Crippen LogP contribution is 2.32. The molecular weight excluding hydrogens is 422 g/mol. The highest BCUT2D eigenvalue weighted by Gasteiger charge is 2.28. The van der Waals surface area contributed by atoms with E-state index in [1.807, 2.05) is 0 Å². The molecule has 1 fully saturated rings. The summed E-state index contributed by atoms with van der Waals surface area (Å²) >= 11 is 0. The second-order valence-corrected chi connectivity index (χ2v) is 8.30. The van der Waals surface area contributed by atoms with Crippen molar-refractivity contribution < 1.29 is 28.2 Å². The Hall–Kier alpha value is -3.53. The minimum Gasteiger partial charge on any atom is -0.453 e. The van der Waals surface area contributed by atoms with Crippen LogP contribution in [0.4, 0.5) is 8.78 Å². The van der Waals surface area contributed by atoms with E-state index in [4.69, 9.17) is 4.74 Å². The number of ether oxygens (including phenoxy) is 1. The quantitative estimate of drug-likeness (QED) is 0.542. The number of fused-ring (bicyclic) bond motifs is 1. The van der Waals surface area contributed by atoms with Gasteiger partial charge in [-0.3, -0.25) is 14.3 Å². The van der Waals surface area contributed by atoms with Crippen molar-refractivity contribution >= 4 is 22.7 Å². The molecule has 4 rings (SSSR count). The Labute approximate surface area is 182 Å². The van der Waals surface area contributed by atoms with Gasteiger partial charge in [0.15, 0.2) is 11.6 Å². The molecule has 0 saturated carbocycles. The molecule has 1 saturated heterocycles. The summed E-state index contributed by atoms with van der Waals surface area (Å²) in [6.45, 7) is 3.87. The fourth-order valence-electron chi connectivity index (χ4n) is 3.50. The van der Waals surface area contributed by atoms with Gasteiger partial charge in [-0.05, 0) is 44.5 Å². The van der Waals surface area contributed by atoms with E-state index in [1.165, 1.54) is 23.0 Å². The lowest BCUT2D eigenvalue weighted by Gasteiger charge is -2.18. The molecule has 0 unspecified atom stereocenters. The number of aromatic nitrogens is 2. The Kier molecular flexibility index (Phi) is 5.55. The van der Waals surface area contributed by atoms with Gasteiger partial charge in [0.2, 0.25) is 5.91 Å². The van der Waals surface area contributed by atoms with E-state index in [0.29, 0.717) is 29.9 Å². The van der Waals surface area contributed by atoms with Gasteiger partial charge >= 0.3 is 0 Å². The number of halogens is 2. The zero-order valence-corrected chi connectivity index (χ0v) is 17.5. The molecule has 1 aliphatic rings. The largest absolute Gasteiger partial charge is 0.453 e. The van der Waals surface area contributed by atoms with Crippen LogP contribution in [-0.4, -0.2) is 44.9 Å². The van der Waals surface area contributed by atoms with Crippen molar-refractivity contribution in [2.24, 2.45) is 0 Å². The highest BCUT2D eigenvalue weighted by atomic mass is 19.1. The Morgan fingerprint density at radius 2 is 2.09 bits per heavy atom. The normalized spacial score (nSPS) is 16.3. The average Bonchev–Trinajstić information content (AvgIpc) is 3.28. The Morgan fingerprint density at radius 3 is 2.75 bits per heavy atom. The fraction of sp³-hybridized carbons (Fsp3) is 0.318. The zero-order chi connectivity index (χ0) is 23.0. The van der Waals surface area contributed by atoms with E-state index in [0.717, 1.165) is 12.1 Å². The molecule has 0 spiro atoms. The summed E-state index contributed by atoms with van der Waals surface area (Å²) in [6, 6.07) is 5.16. The minimum absolute atomic E-state index is 0.0155. The van der Waals surface area contributed by atoms with Gasteiger partial charge in [0.1, 0.15) is 17.6 Å². The van der Waals surface area contributed by atoms with Gasteiger partial charge in [-0.25, -0.2) is 8.78 Å². The van der Waals surface area contributed by atoms with Crippen LogP contribution in [-0.2, 0) is 11.3 Å². The van der Waals surface area contributed by atoms with Gasteiger partial charge in [-0.1, -0.05) is 0 Å². The van der Waals surface area contributed by atoms with E-state index in [-0.39, 0.29) is 29.5 Å². The number of hydrogen-bond donors (Lipinski definition) is 3. The molecule has 0 radical (unpaired) electrons. The SMILES string of the molecule is CC(C)(O)Cn1ncc2cc(Oc3ccc(F)cc3F)c(C(=O)N[C@H]3CCNC3=O)cc21. The highest BCUT2D eigenvalue weighted by molar-refractivity contribution is 6.03. The van der Waals surface area contributed by atoms with Crippen LogP contribution in [0.3, 0.4) is 0 Å². The first-order chi connectivity index (χ1) is 15.1. The number of benzene rings is 2. The number of rotatable bonds is 6. The van der Waals surface area contributed by atoms with Gasteiger partial charge < -0.3 is 20.5 Å². The first-order valence-electron chi connectivity index (χ1n) is 10.0. The van der Waals surface area contributed by atoms with E-state index in [2.05, 4.69) is 15.7 Å². The molecule has 168 valence electrons. The maximum absolute atomic E-state index is 14.2. The lowest BCUT2D eigenvalue weighted by molar-refractivity contribution is -0.120. The smallest absolute Gasteiger partial charge is 0.255 e. The number of amides is 2. The van der Waals surface area contributed by atoms with Gasteiger partial charge in [0, 0.05) is 18.0 Å². The molecule has 1 aliphatic heterocycles. The average molecular weight is 444 g/mol. The molecule has 1 atom stereocenters. The lowest BCUT2D eigenvalue weighted by atomic mass is 10.1. The third-order valence-corrected chi connectivity index (χ3v) is 4.99. The summed E-state index contributed by atoms with van der Waals surface area (Å²) in [5.41, 5.74) is -0.478. The van der Waals surface area contributed by atoms with Crippen LogP contribution in [0.25, 0.3) is 10.9 Å². The van der Waals surface area contributed by atoms with Crippen molar-refractivity contribution in [3.63, 3.8) is 0 Å². The summed E-state index contributed by atoms with van der Waals surface area (Å²) in [6.07, 6.45) is 1.97. The minimum atomic E-state index is -1.06. The summed E-state index contributed by atoms with van der Waals surface area (Å²) in [4.78, 5) is 24.9. The first kappa shape index (κ1) is 21.7. The topological polar surface area (TPSA) is 105 Å². The maximum Gasteiger partial charge on any atom is 0.255 e. The van der Waals surface area contributed by atoms with Crippen LogP contribution in [0.15, 0.2) is 36.5 Å². The third kappa shape index (κ3) is 4.54. The number of aliphatic hydroxyl groups is 1. The summed E-state index contributed by atoms with van der Waals surface area (Å²) in [7, 11) is 0. The standard InChI is InChI=1S/C22H22F2N4O4/c1-22(2,31)11-28-17-9-14(20(29)27-16-5-6-25-21(16)30)19(7-12(17)10-26-28)32-18-4-3-13(23)8-15(18)24/h3-4,7-10,16,31H,5-6,11H2,1-2H3,(H,25,30)(H,27,29)/t16-/m0/s1. The predicted molar refractivity (Wildman–Crippen MR) is 111 cm³/mol.